The smallest absolute Gasteiger partial charge is 0.274 e. The third-order valence-electron chi connectivity index (χ3n) is 8.02. The van der Waals surface area contributed by atoms with Gasteiger partial charge in [0.2, 0.25) is 5.88 Å². The van der Waals surface area contributed by atoms with E-state index in [-0.39, 0.29) is 12.0 Å². The molecule has 2 fully saturated rings. The number of anilines is 1. The summed E-state index contributed by atoms with van der Waals surface area (Å²) in [5, 5.41) is 16.4. The maximum atomic E-state index is 13.1. The molecule has 11 heteroatoms. The Hall–Kier alpha value is -3.93. The molecule has 44 heavy (non-hydrogen) atoms. The van der Waals surface area contributed by atoms with E-state index >= 15 is 0 Å². The van der Waals surface area contributed by atoms with Crippen molar-refractivity contribution < 1.29 is 19.4 Å². The van der Waals surface area contributed by atoms with E-state index in [4.69, 9.17) is 26.1 Å². The van der Waals surface area contributed by atoms with E-state index in [0.717, 1.165) is 41.8 Å². The monoisotopic (exact) mass is 614 g/mol. The van der Waals surface area contributed by atoms with Gasteiger partial charge < -0.3 is 25.2 Å². The number of nitrogens with one attached hydrogen (secondary N) is 2. The number of pyridine rings is 3. The van der Waals surface area contributed by atoms with Crippen LogP contribution in [0, 0.1) is 6.92 Å². The highest BCUT2D eigenvalue weighted by atomic mass is 35.5. The lowest BCUT2D eigenvalue weighted by molar-refractivity contribution is -0.0484. The number of carbonyl (C=O) groups excluding carboxylic acids is 1. The Balaban J connectivity index is 1.17. The lowest BCUT2D eigenvalue weighted by Gasteiger charge is -2.35. The number of rotatable bonds is 11. The fraction of sp³-hybridized carbons (Fsp3) is 0.333. The van der Waals surface area contributed by atoms with Gasteiger partial charge in [-0.1, -0.05) is 35.9 Å². The van der Waals surface area contributed by atoms with Crippen molar-refractivity contribution in [3.63, 3.8) is 0 Å². The van der Waals surface area contributed by atoms with Crippen LogP contribution in [-0.2, 0) is 17.8 Å². The highest BCUT2D eigenvalue weighted by Gasteiger charge is 2.26. The van der Waals surface area contributed by atoms with Crippen molar-refractivity contribution in [1.29, 1.82) is 0 Å². The van der Waals surface area contributed by atoms with Gasteiger partial charge in [0, 0.05) is 74.1 Å². The van der Waals surface area contributed by atoms with Crippen molar-refractivity contribution in [2.24, 2.45) is 0 Å². The molecule has 2 saturated heterocycles. The highest BCUT2D eigenvalue weighted by molar-refractivity contribution is 6.35. The van der Waals surface area contributed by atoms with E-state index in [9.17, 15) is 9.90 Å². The van der Waals surface area contributed by atoms with Crippen LogP contribution in [0.3, 0.4) is 0 Å². The predicted octanol–water partition coefficient (Wildman–Crippen LogP) is 4.48. The second kappa shape index (κ2) is 13.4. The van der Waals surface area contributed by atoms with Crippen LogP contribution < -0.4 is 15.4 Å². The number of hydrogen-bond donors (Lipinski definition) is 3. The lowest BCUT2D eigenvalue weighted by Crippen LogP contribution is -2.49. The van der Waals surface area contributed by atoms with Gasteiger partial charge in [-0.2, -0.15) is 0 Å². The minimum Gasteiger partial charge on any atom is -0.481 e. The van der Waals surface area contributed by atoms with Gasteiger partial charge in [0.15, 0.2) is 0 Å². The minimum atomic E-state index is -0.301. The van der Waals surface area contributed by atoms with E-state index in [0.29, 0.717) is 71.5 Å². The summed E-state index contributed by atoms with van der Waals surface area (Å²) < 4.78 is 11.0. The Labute approximate surface area is 261 Å². The number of aliphatic hydroxyl groups excluding tert-OH is 1. The van der Waals surface area contributed by atoms with Crippen molar-refractivity contribution in [3.8, 4) is 28.4 Å². The van der Waals surface area contributed by atoms with E-state index < -0.39 is 0 Å². The first-order chi connectivity index (χ1) is 21.4. The molecule has 0 aliphatic carbocycles. The van der Waals surface area contributed by atoms with Gasteiger partial charge in [-0.15, -0.1) is 0 Å². The number of aliphatic hydroxyl groups is 1. The first-order valence-corrected chi connectivity index (χ1v) is 15.0. The van der Waals surface area contributed by atoms with E-state index in [1.165, 1.54) is 0 Å². The van der Waals surface area contributed by atoms with Crippen molar-refractivity contribution in [2.45, 2.75) is 38.6 Å². The van der Waals surface area contributed by atoms with Crippen LogP contribution in [0.15, 0.2) is 60.9 Å². The van der Waals surface area contributed by atoms with Crippen LogP contribution in [0.4, 0.5) is 5.69 Å². The molecule has 1 atom stereocenters. The second-order valence-electron chi connectivity index (χ2n) is 11.1. The normalized spacial score (nSPS) is 16.7. The number of ether oxygens (including phenoxy) is 2. The molecule has 10 nitrogen and oxygen atoms in total. The van der Waals surface area contributed by atoms with Gasteiger partial charge in [-0.05, 0) is 48.7 Å². The number of β-amino-alcohol motifs (C(OH)–C–C–N with tert-alkyl or cyclic N) is 1. The minimum absolute atomic E-state index is 0.272. The summed E-state index contributed by atoms with van der Waals surface area (Å²) in [5.74, 6) is 0.213. The maximum Gasteiger partial charge on any atom is 0.274 e. The summed E-state index contributed by atoms with van der Waals surface area (Å²) in [5.41, 5.74) is 6.48. The Kier molecular flexibility index (Phi) is 9.15. The Bertz CT molecular complexity index is 1640. The standard InChI is InChI=1S/C33H35ClN6O4/c1-20-25(4-3-5-27(20)38-32(42)29-8-6-21(15-37-29)14-35-16-24-11-13-44-24)31-30(34)26(10-12-36-31)28-9-7-22(33(39-28)43-2)17-40-18-23(41)19-40/h3-10,12,15,23-24,35,41H,11,13-14,16-19H2,1-2H3,(H,38,42)/t24-/m1/s1. The van der Waals surface area contributed by atoms with Crippen molar-refractivity contribution >= 4 is 23.2 Å². The number of carbonyl (C=O) groups is 1. The van der Waals surface area contributed by atoms with Gasteiger partial charge >= 0.3 is 0 Å². The van der Waals surface area contributed by atoms with E-state index in [1.54, 1.807) is 25.6 Å². The fourth-order valence-electron chi connectivity index (χ4n) is 5.36. The van der Waals surface area contributed by atoms with Gasteiger partial charge in [0.25, 0.3) is 5.91 Å². The summed E-state index contributed by atoms with van der Waals surface area (Å²) in [6, 6.07) is 15.0. The summed E-state index contributed by atoms with van der Waals surface area (Å²) in [6.45, 7) is 6.16. The molecular weight excluding hydrogens is 580 g/mol. The number of methoxy groups -OCH3 is 1. The van der Waals surface area contributed by atoms with Gasteiger partial charge in [-0.3, -0.25) is 19.7 Å². The van der Waals surface area contributed by atoms with Crippen molar-refractivity contribution in [1.82, 2.24) is 25.2 Å². The van der Waals surface area contributed by atoms with Gasteiger partial charge in [-0.25, -0.2) is 4.98 Å². The summed E-state index contributed by atoms with van der Waals surface area (Å²) >= 11 is 6.96. The molecule has 228 valence electrons. The molecule has 2 aliphatic rings. The molecule has 5 heterocycles. The molecular formula is C33H35ClN6O4. The maximum absolute atomic E-state index is 13.1. The van der Waals surface area contributed by atoms with E-state index in [1.807, 2.05) is 49.4 Å². The first-order valence-electron chi connectivity index (χ1n) is 14.7. The summed E-state index contributed by atoms with van der Waals surface area (Å²) in [6.07, 6.45) is 4.53. The molecule has 0 bridgehead atoms. The second-order valence-corrected chi connectivity index (χ2v) is 11.5. The number of nitrogens with zero attached hydrogens (tertiary/aromatic N) is 4. The zero-order chi connectivity index (χ0) is 30.6. The number of aromatic nitrogens is 3. The zero-order valence-corrected chi connectivity index (χ0v) is 25.5. The van der Waals surface area contributed by atoms with Crippen LogP contribution >= 0.6 is 11.6 Å². The summed E-state index contributed by atoms with van der Waals surface area (Å²) in [4.78, 5) is 28.9. The predicted molar refractivity (Wildman–Crippen MR) is 169 cm³/mol. The van der Waals surface area contributed by atoms with Crippen LogP contribution in [-0.4, -0.2) is 76.4 Å². The molecule has 0 radical (unpaired) electrons. The zero-order valence-electron chi connectivity index (χ0n) is 24.7. The average Bonchev–Trinajstić information content (AvgIpc) is 2.99. The van der Waals surface area contributed by atoms with Gasteiger partial charge in [0.1, 0.15) is 5.69 Å². The molecule has 3 N–H and O–H groups in total. The Morgan fingerprint density at radius 2 is 1.98 bits per heavy atom. The molecule has 4 aromatic rings. The molecule has 1 aromatic carbocycles. The van der Waals surface area contributed by atoms with Crippen molar-refractivity contribution in [3.05, 3.63) is 88.3 Å². The highest BCUT2D eigenvalue weighted by Crippen LogP contribution is 2.38. The molecule has 1 amide bonds. The lowest BCUT2D eigenvalue weighted by atomic mass is 10.0. The molecule has 0 saturated carbocycles. The van der Waals surface area contributed by atoms with Crippen LogP contribution in [0.1, 0.15) is 33.6 Å². The van der Waals surface area contributed by atoms with E-state index in [2.05, 4.69) is 25.5 Å². The Morgan fingerprint density at radius 1 is 1.14 bits per heavy atom. The Morgan fingerprint density at radius 3 is 2.68 bits per heavy atom. The topological polar surface area (TPSA) is 122 Å². The third kappa shape index (κ3) is 6.59. The molecule has 6 rings (SSSR count). The summed E-state index contributed by atoms with van der Waals surface area (Å²) in [7, 11) is 1.59. The van der Waals surface area contributed by atoms with Crippen molar-refractivity contribution in [2.75, 3.05) is 38.7 Å². The number of halogens is 1. The van der Waals surface area contributed by atoms with Gasteiger partial charge in [0.05, 0.1) is 35.7 Å². The van der Waals surface area contributed by atoms with Crippen LogP contribution in [0.2, 0.25) is 5.02 Å². The number of benzene rings is 1. The quantitative estimate of drug-likeness (QED) is 0.224. The molecule has 0 spiro atoms. The average molecular weight is 615 g/mol. The molecule has 2 aliphatic heterocycles. The first kappa shape index (κ1) is 30.1. The SMILES string of the molecule is COc1nc(-c2ccnc(-c3cccc(NC(=O)c4ccc(CNC[C@H]5CCO5)cn4)c3C)c2Cl)ccc1CN1CC(O)C1. The number of hydrogen-bond acceptors (Lipinski definition) is 9. The largest absolute Gasteiger partial charge is 0.481 e. The number of amides is 1. The molecule has 0 unspecified atom stereocenters. The number of likely N-dealkylation sites (tertiary alicyclic amines) is 1. The fourth-order valence-corrected chi connectivity index (χ4v) is 5.67. The van der Waals surface area contributed by atoms with Crippen LogP contribution in [0.5, 0.6) is 5.88 Å². The van der Waals surface area contributed by atoms with Crippen LogP contribution in [0.25, 0.3) is 22.5 Å². The third-order valence-corrected chi connectivity index (χ3v) is 8.40. The molecule has 3 aromatic heterocycles.